The van der Waals surface area contributed by atoms with Gasteiger partial charge in [-0.1, -0.05) is 19.3 Å². The zero-order valence-corrected chi connectivity index (χ0v) is 11.4. The Bertz CT molecular complexity index is 340. The van der Waals surface area contributed by atoms with E-state index in [9.17, 15) is 4.79 Å². The minimum absolute atomic E-state index is 0.536. The number of nitrogens with zero attached hydrogens (tertiary/aromatic N) is 1. The smallest absolute Gasteiger partial charge is 0.150 e. The summed E-state index contributed by atoms with van der Waals surface area (Å²) in [6, 6.07) is 7.99. The third kappa shape index (κ3) is 5.32. The minimum atomic E-state index is 0.536. The highest BCUT2D eigenvalue weighted by atomic mass is 16.1. The topological polar surface area (TPSA) is 46.3 Å². The molecule has 3 nitrogen and oxygen atoms in total. The van der Waals surface area contributed by atoms with Gasteiger partial charge in [-0.05, 0) is 37.1 Å². The molecule has 1 aromatic carbocycles. The Morgan fingerprint density at radius 3 is 2.00 bits per heavy atom. The lowest BCUT2D eigenvalue weighted by molar-refractivity contribution is 0.112. The largest absolute Gasteiger partial charge is 0.378 e. The van der Waals surface area contributed by atoms with Crippen LogP contribution in [0.25, 0.3) is 0 Å². The van der Waals surface area contributed by atoms with Crippen LogP contribution < -0.4 is 10.6 Å². The van der Waals surface area contributed by atoms with Crippen molar-refractivity contribution in [2.75, 3.05) is 19.0 Å². The molecule has 2 N–H and O–H groups in total. The van der Waals surface area contributed by atoms with Gasteiger partial charge < -0.3 is 10.6 Å². The molecule has 0 aliphatic heterocycles. The van der Waals surface area contributed by atoms with Crippen molar-refractivity contribution in [1.82, 2.24) is 0 Å². The van der Waals surface area contributed by atoms with Crippen molar-refractivity contribution >= 4 is 12.0 Å². The first kappa shape index (κ1) is 14.7. The first-order valence-electron chi connectivity index (χ1n) is 6.61. The summed E-state index contributed by atoms with van der Waals surface area (Å²) in [4.78, 5) is 12.3. The van der Waals surface area contributed by atoms with Crippen LogP contribution in [0.15, 0.2) is 24.3 Å². The molecule has 1 aliphatic rings. The molecule has 0 saturated heterocycles. The molecule has 100 valence electrons. The maximum absolute atomic E-state index is 10.3. The Morgan fingerprint density at radius 2 is 1.67 bits per heavy atom. The molecule has 1 aromatic rings. The molecule has 1 aliphatic carbocycles. The molecule has 0 aromatic heterocycles. The van der Waals surface area contributed by atoms with E-state index >= 15 is 0 Å². The zero-order valence-electron chi connectivity index (χ0n) is 11.4. The summed E-state index contributed by atoms with van der Waals surface area (Å²) in [5.41, 5.74) is 7.46. The van der Waals surface area contributed by atoms with Gasteiger partial charge in [0.1, 0.15) is 6.29 Å². The Balaban J connectivity index is 0.000000199. The minimum Gasteiger partial charge on any atom is -0.378 e. The molecule has 3 heteroatoms. The van der Waals surface area contributed by atoms with E-state index in [1.54, 1.807) is 0 Å². The molecule has 0 heterocycles. The van der Waals surface area contributed by atoms with Crippen LogP contribution in [0.3, 0.4) is 0 Å². The molecule has 2 rings (SSSR count). The molecule has 0 radical (unpaired) electrons. The van der Waals surface area contributed by atoms with E-state index in [0.717, 1.165) is 17.5 Å². The molecule has 0 amide bonds. The molecule has 0 bridgehead atoms. The molecular weight excluding hydrogens is 224 g/mol. The van der Waals surface area contributed by atoms with E-state index in [2.05, 4.69) is 0 Å². The van der Waals surface area contributed by atoms with Crippen molar-refractivity contribution < 1.29 is 4.79 Å². The summed E-state index contributed by atoms with van der Waals surface area (Å²) in [5.74, 6) is 0. The van der Waals surface area contributed by atoms with Gasteiger partial charge in [0.05, 0.1) is 0 Å². The molecule has 0 spiro atoms. The maximum atomic E-state index is 10.3. The summed E-state index contributed by atoms with van der Waals surface area (Å²) in [7, 11) is 3.94. The van der Waals surface area contributed by atoms with Crippen LogP contribution in [0.4, 0.5) is 5.69 Å². The van der Waals surface area contributed by atoms with Crippen molar-refractivity contribution in [3.63, 3.8) is 0 Å². The van der Waals surface area contributed by atoms with Crippen LogP contribution in [0.5, 0.6) is 0 Å². The summed E-state index contributed by atoms with van der Waals surface area (Å²) < 4.78 is 0. The predicted octanol–water partition coefficient (Wildman–Crippen LogP) is 2.84. The Kier molecular flexibility index (Phi) is 6.44. The monoisotopic (exact) mass is 248 g/mol. The third-order valence-corrected chi connectivity index (χ3v) is 3.20. The number of aldehydes is 1. The van der Waals surface area contributed by atoms with Gasteiger partial charge in [0.15, 0.2) is 0 Å². The Morgan fingerprint density at radius 1 is 1.11 bits per heavy atom. The fourth-order valence-corrected chi connectivity index (χ4v) is 1.99. The van der Waals surface area contributed by atoms with Gasteiger partial charge in [0.25, 0.3) is 0 Å². The van der Waals surface area contributed by atoms with E-state index < -0.39 is 0 Å². The number of hydrogen-bond acceptors (Lipinski definition) is 3. The predicted molar refractivity (Wildman–Crippen MR) is 77.2 cm³/mol. The van der Waals surface area contributed by atoms with Gasteiger partial charge in [-0.2, -0.15) is 0 Å². The fraction of sp³-hybridized carbons (Fsp3) is 0.533. The highest BCUT2D eigenvalue weighted by Gasteiger charge is 2.06. The van der Waals surface area contributed by atoms with Crippen molar-refractivity contribution in [2.45, 2.75) is 38.1 Å². The lowest BCUT2D eigenvalue weighted by atomic mass is 9.97. The maximum Gasteiger partial charge on any atom is 0.150 e. The van der Waals surface area contributed by atoms with Crippen LogP contribution in [0, 0.1) is 0 Å². The number of nitrogens with two attached hydrogens (primary N) is 1. The van der Waals surface area contributed by atoms with Gasteiger partial charge in [-0.15, -0.1) is 0 Å². The SMILES string of the molecule is CN(C)c1ccc(C=O)cc1.NC1CCCCC1. The standard InChI is InChI=1S/C9H11NO.C6H13N/c1-10(2)9-5-3-8(7-11)4-6-9;7-6-4-2-1-3-5-6/h3-7H,1-2H3;6H,1-5,7H2. The normalized spacial score (nSPS) is 15.5. The van der Waals surface area contributed by atoms with Crippen LogP contribution in [0.2, 0.25) is 0 Å². The second kappa shape index (κ2) is 7.88. The van der Waals surface area contributed by atoms with Crippen molar-refractivity contribution in [2.24, 2.45) is 5.73 Å². The van der Waals surface area contributed by atoms with Crippen LogP contribution in [0.1, 0.15) is 42.5 Å². The highest BCUT2D eigenvalue weighted by molar-refractivity contribution is 5.75. The van der Waals surface area contributed by atoms with Gasteiger partial charge >= 0.3 is 0 Å². The number of carbonyl (C=O) groups excluding carboxylic acids is 1. The number of rotatable bonds is 2. The summed E-state index contributed by atoms with van der Waals surface area (Å²) in [6.45, 7) is 0. The first-order valence-corrected chi connectivity index (χ1v) is 6.61. The van der Waals surface area contributed by atoms with E-state index in [-0.39, 0.29) is 0 Å². The lowest BCUT2D eigenvalue weighted by Gasteiger charge is -2.15. The van der Waals surface area contributed by atoms with E-state index in [1.807, 2.05) is 43.3 Å². The van der Waals surface area contributed by atoms with Crippen molar-refractivity contribution in [3.05, 3.63) is 29.8 Å². The summed E-state index contributed by atoms with van der Waals surface area (Å²) in [6.07, 6.45) is 7.51. The second-order valence-electron chi connectivity index (χ2n) is 5.00. The lowest BCUT2D eigenvalue weighted by Crippen LogP contribution is -2.22. The van der Waals surface area contributed by atoms with Gasteiger partial charge in [0.2, 0.25) is 0 Å². The van der Waals surface area contributed by atoms with Crippen LogP contribution in [-0.2, 0) is 0 Å². The van der Waals surface area contributed by atoms with E-state index in [1.165, 1.54) is 32.1 Å². The summed E-state index contributed by atoms with van der Waals surface area (Å²) in [5, 5.41) is 0. The average molecular weight is 248 g/mol. The Hall–Kier alpha value is -1.35. The Labute approximate surface area is 110 Å². The first-order chi connectivity index (χ1) is 8.63. The quantitative estimate of drug-likeness (QED) is 0.819. The molecule has 0 unspecified atom stereocenters. The molecule has 18 heavy (non-hydrogen) atoms. The van der Waals surface area contributed by atoms with Crippen molar-refractivity contribution in [1.29, 1.82) is 0 Å². The van der Waals surface area contributed by atoms with Crippen LogP contribution >= 0.6 is 0 Å². The molecular formula is C15H24N2O. The van der Waals surface area contributed by atoms with Crippen LogP contribution in [-0.4, -0.2) is 26.4 Å². The fourth-order valence-electron chi connectivity index (χ4n) is 1.99. The molecule has 1 fully saturated rings. The zero-order chi connectivity index (χ0) is 13.4. The number of anilines is 1. The van der Waals surface area contributed by atoms with E-state index in [4.69, 9.17) is 5.73 Å². The molecule has 1 saturated carbocycles. The number of carbonyl (C=O) groups is 1. The number of benzene rings is 1. The van der Waals surface area contributed by atoms with Gasteiger partial charge in [-0.3, -0.25) is 4.79 Å². The molecule has 0 atom stereocenters. The second-order valence-corrected chi connectivity index (χ2v) is 5.00. The van der Waals surface area contributed by atoms with Gasteiger partial charge in [-0.25, -0.2) is 0 Å². The van der Waals surface area contributed by atoms with E-state index in [0.29, 0.717) is 6.04 Å². The summed E-state index contributed by atoms with van der Waals surface area (Å²) >= 11 is 0. The number of hydrogen-bond donors (Lipinski definition) is 1. The van der Waals surface area contributed by atoms with Gasteiger partial charge in [0, 0.05) is 31.4 Å². The third-order valence-electron chi connectivity index (χ3n) is 3.20. The average Bonchev–Trinajstić information content (AvgIpc) is 2.40. The highest BCUT2D eigenvalue weighted by Crippen LogP contribution is 2.14. The van der Waals surface area contributed by atoms with Crippen molar-refractivity contribution in [3.8, 4) is 0 Å².